The Labute approximate surface area is 107 Å². The standard InChI is InChI=1S/C14H17NO3/c1-4-5-6-9-15-14(16)11-7-8-12(17-2)13(10-11)18-3/h1,7-8,10H,5-6,9H2,2-3H3,(H,15,16). The van der Waals surface area contributed by atoms with Crippen molar-refractivity contribution >= 4 is 5.91 Å². The number of nitrogens with one attached hydrogen (secondary N) is 1. The molecule has 0 aromatic heterocycles. The van der Waals surface area contributed by atoms with Crippen molar-refractivity contribution in [3.05, 3.63) is 23.8 Å². The van der Waals surface area contributed by atoms with Crippen molar-refractivity contribution < 1.29 is 14.3 Å². The van der Waals surface area contributed by atoms with Gasteiger partial charge in [0.25, 0.3) is 5.91 Å². The maximum Gasteiger partial charge on any atom is 0.251 e. The summed E-state index contributed by atoms with van der Waals surface area (Å²) >= 11 is 0. The van der Waals surface area contributed by atoms with Gasteiger partial charge in [0.05, 0.1) is 14.2 Å². The Bertz CT molecular complexity index is 449. The molecule has 0 aliphatic rings. The summed E-state index contributed by atoms with van der Waals surface area (Å²) in [6.07, 6.45) is 6.57. The number of terminal acetylenes is 1. The molecule has 0 heterocycles. The summed E-state index contributed by atoms with van der Waals surface area (Å²) in [6.45, 7) is 0.567. The van der Waals surface area contributed by atoms with E-state index in [0.29, 0.717) is 30.0 Å². The first-order valence-electron chi connectivity index (χ1n) is 5.66. The second-order valence-corrected chi connectivity index (χ2v) is 3.63. The summed E-state index contributed by atoms with van der Waals surface area (Å²) in [4.78, 5) is 11.8. The SMILES string of the molecule is C#CCCCNC(=O)c1ccc(OC)c(OC)c1. The monoisotopic (exact) mass is 247 g/mol. The van der Waals surface area contributed by atoms with Crippen LogP contribution in [0.5, 0.6) is 11.5 Å². The molecule has 0 fully saturated rings. The van der Waals surface area contributed by atoms with E-state index in [4.69, 9.17) is 15.9 Å². The van der Waals surface area contributed by atoms with Crippen molar-refractivity contribution in [2.24, 2.45) is 0 Å². The van der Waals surface area contributed by atoms with E-state index >= 15 is 0 Å². The number of unbranched alkanes of at least 4 members (excludes halogenated alkanes) is 1. The maximum absolute atomic E-state index is 11.8. The average molecular weight is 247 g/mol. The van der Waals surface area contributed by atoms with Crippen LogP contribution in [-0.2, 0) is 0 Å². The van der Waals surface area contributed by atoms with E-state index in [9.17, 15) is 4.79 Å². The zero-order valence-corrected chi connectivity index (χ0v) is 10.7. The van der Waals surface area contributed by atoms with Gasteiger partial charge < -0.3 is 14.8 Å². The first-order valence-corrected chi connectivity index (χ1v) is 5.66. The maximum atomic E-state index is 11.8. The van der Waals surface area contributed by atoms with Crippen LogP contribution in [-0.4, -0.2) is 26.7 Å². The molecular weight excluding hydrogens is 230 g/mol. The number of rotatable bonds is 6. The number of ether oxygens (including phenoxy) is 2. The highest BCUT2D eigenvalue weighted by molar-refractivity contribution is 5.94. The lowest BCUT2D eigenvalue weighted by Crippen LogP contribution is -2.24. The van der Waals surface area contributed by atoms with Crippen molar-refractivity contribution in [2.45, 2.75) is 12.8 Å². The molecular formula is C14H17NO3. The quantitative estimate of drug-likeness (QED) is 0.616. The van der Waals surface area contributed by atoms with Gasteiger partial charge >= 0.3 is 0 Å². The number of carbonyl (C=O) groups is 1. The van der Waals surface area contributed by atoms with E-state index in [1.807, 2.05) is 0 Å². The normalized spacial score (nSPS) is 9.39. The van der Waals surface area contributed by atoms with E-state index in [1.165, 1.54) is 7.11 Å². The third kappa shape index (κ3) is 3.70. The molecule has 4 heteroatoms. The highest BCUT2D eigenvalue weighted by Crippen LogP contribution is 2.27. The zero-order valence-electron chi connectivity index (χ0n) is 10.7. The molecule has 0 saturated heterocycles. The van der Waals surface area contributed by atoms with E-state index < -0.39 is 0 Å². The van der Waals surface area contributed by atoms with E-state index in [1.54, 1.807) is 25.3 Å². The fraction of sp³-hybridized carbons (Fsp3) is 0.357. The van der Waals surface area contributed by atoms with E-state index in [0.717, 1.165) is 6.42 Å². The molecule has 0 aliphatic heterocycles. The molecule has 1 N–H and O–H groups in total. The predicted molar refractivity (Wildman–Crippen MR) is 69.9 cm³/mol. The van der Waals surface area contributed by atoms with Crippen LogP contribution in [0.25, 0.3) is 0 Å². The number of benzene rings is 1. The lowest BCUT2D eigenvalue weighted by molar-refractivity contribution is 0.0953. The Morgan fingerprint density at radius 2 is 2.06 bits per heavy atom. The molecule has 1 aromatic carbocycles. The summed E-state index contributed by atoms with van der Waals surface area (Å²) in [5.74, 6) is 3.52. The largest absolute Gasteiger partial charge is 0.493 e. The summed E-state index contributed by atoms with van der Waals surface area (Å²) in [5, 5.41) is 2.79. The first kappa shape index (κ1) is 13.9. The number of carbonyl (C=O) groups excluding carboxylic acids is 1. The summed E-state index contributed by atoms with van der Waals surface area (Å²) < 4.78 is 10.2. The molecule has 1 aromatic rings. The van der Waals surface area contributed by atoms with Gasteiger partial charge in [0.1, 0.15) is 0 Å². The molecule has 0 saturated carbocycles. The Hall–Kier alpha value is -2.15. The number of methoxy groups -OCH3 is 2. The molecule has 0 radical (unpaired) electrons. The van der Waals surface area contributed by atoms with Gasteiger partial charge in [-0.1, -0.05) is 0 Å². The number of hydrogen-bond acceptors (Lipinski definition) is 3. The Balaban J connectivity index is 2.66. The minimum Gasteiger partial charge on any atom is -0.493 e. The van der Waals surface area contributed by atoms with Crippen LogP contribution in [0.3, 0.4) is 0 Å². The van der Waals surface area contributed by atoms with Crippen LogP contribution in [0.1, 0.15) is 23.2 Å². The first-order chi connectivity index (χ1) is 8.72. The number of amides is 1. The summed E-state index contributed by atoms with van der Waals surface area (Å²) in [7, 11) is 3.09. The molecule has 0 spiro atoms. The second kappa shape index (κ2) is 7.23. The van der Waals surface area contributed by atoms with Gasteiger partial charge in [-0.3, -0.25) is 4.79 Å². The van der Waals surface area contributed by atoms with Gasteiger partial charge in [-0.2, -0.15) is 0 Å². The molecule has 0 bridgehead atoms. The van der Waals surface area contributed by atoms with Crippen molar-refractivity contribution in [3.63, 3.8) is 0 Å². The Morgan fingerprint density at radius 1 is 1.33 bits per heavy atom. The minimum absolute atomic E-state index is 0.145. The fourth-order valence-electron chi connectivity index (χ4n) is 1.47. The highest BCUT2D eigenvalue weighted by atomic mass is 16.5. The van der Waals surface area contributed by atoms with Crippen LogP contribution in [0, 0.1) is 12.3 Å². The van der Waals surface area contributed by atoms with Crippen molar-refractivity contribution in [3.8, 4) is 23.8 Å². The Morgan fingerprint density at radius 3 is 2.67 bits per heavy atom. The van der Waals surface area contributed by atoms with Gasteiger partial charge in [-0.05, 0) is 24.6 Å². The van der Waals surface area contributed by atoms with Gasteiger partial charge in [-0.25, -0.2) is 0 Å². The van der Waals surface area contributed by atoms with Crippen LogP contribution in [0.4, 0.5) is 0 Å². The molecule has 0 unspecified atom stereocenters. The Kier molecular flexibility index (Phi) is 5.59. The minimum atomic E-state index is -0.145. The average Bonchev–Trinajstić information content (AvgIpc) is 2.42. The molecule has 4 nitrogen and oxygen atoms in total. The molecule has 1 amide bonds. The highest BCUT2D eigenvalue weighted by Gasteiger charge is 2.09. The fourth-order valence-corrected chi connectivity index (χ4v) is 1.47. The third-order valence-electron chi connectivity index (χ3n) is 2.43. The predicted octanol–water partition coefficient (Wildman–Crippen LogP) is 1.85. The lowest BCUT2D eigenvalue weighted by atomic mass is 10.2. The van der Waals surface area contributed by atoms with E-state index in [2.05, 4.69) is 11.2 Å². The van der Waals surface area contributed by atoms with Gasteiger partial charge in [0.15, 0.2) is 11.5 Å². The van der Waals surface area contributed by atoms with Crippen LogP contribution >= 0.6 is 0 Å². The van der Waals surface area contributed by atoms with Crippen LogP contribution in [0.2, 0.25) is 0 Å². The summed E-state index contributed by atoms with van der Waals surface area (Å²) in [5.41, 5.74) is 0.536. The smallest absolute Gasteiger partial charge is 0.251 e. The van der Waals surface area contributed by atoms with Gasteiger partial charge in [0, 0.05) is 18.5 Å². The third-order valence-corrected chi connectivity index (χ3v) is 2.43. The van der Waals surface area contributed by atoms with Gasteiger partial charge in [-0.15, -0.1) is 12.3 Å². The number of hydrogen-bond donors (Lipinski definition) is 1. The molecule has 0 atom stereocenters. The van der Waals surface area contributed by atoms with Gasteiger partial charge in [0.2, 0.25) is 0 Å². The van der Waals surface area contributed by atoms with Crippen molar-refractivity contribution in [2.75, 3.05) is 20.8 Å². The topological polar surface area (TPSA) is 47.6 Å². The molecule has 0 aliphatic carbocycles. The van der Waals surface area contributed by atoms with Crippen molar-refractivity contribution in [1.29, 1.82) is 0 Å². The second-order valence-electron chi connectivity index (χ2n) is 3.63. The zero-order chi connectivity index (χ0) is 13.4. The van der Waals surface area contributed by atoms with Crippen LogP contribution < -0.4 is 14.8 Å². The van der Waals surface area contributed by atoms with Crippen LogP contribution in [0.15, 0.2) is 18.2 Å². The summed E-state index contributed by atoms with van der Waals surface area (Å²) in [6, 6.07) is 5.04. The molecule has 1 rings (SSSR count). The molecule has 96 valence electrons. The van der Waals surface area contributed by atoms with E-state index in [-0.39, 0.29) is 5.91 Å². The van der Waals surface area contributed by atoms with Crippen molar-refractivity contribution in [1.82, 2.24) is 5.32 Å². The lowest BCUT2D eigenvalue weighted by Gasteiger charge is -2.09. The molecule has 18 heavy (non-hydrogen) atoms.